The van der Waals surface area contributed by atoms with E-state index in [0.29, 0.717) is 18.1 Å². The Labute approximate surface area is 194 Å². The predicted molar refractivity (Wildman–Crippen MR) is 129 cm³/mol. The number of rotatable bonds is 7. The SMILES string of the molecule is Cc1ccccc1C(C/C(=N\O)c1ccncc1)c1ccc(C2CCC(C(=O)O)CC2)cc1. The minimum absolute atomic E-state index is 0.0436. The molecule has 1 aromatic heterocycles. The van der Waals surface area contributed by atoms with Crippen LogP contribution in [0.1, 0.15) is 71.8 Å². The molecule has 5 heteroatoms. The summed E-state index contributed by atoms with van der Waals surface area (Å²) in [5.74, 6) is -0.407. The molecule has 2 N–H and O–H groups in total. The lowest BCUT2D eigenvalue weighted by Crippen LogP contribution is -2.20. The summed E-state index contributed by atoms with van der Waals surface area (Å²) in [6.07, 6.45) is 7.30. The fraction of sp³-hybridized carbons (Fsp3) is 0.321. The average Bonchev–Trinajstić information content (AvgIpc) is 2.86. The maximum atomic E-state index is 11.3. The predicted octanol–water partition coefficient (Wildman–Crippen LogP) is 6.15. The number of aliphatic carboxylic acids is 1. The molecule has 0 bridgehead atoms. The average molecular weight is 443 g/mol. The van der Waals surface area contributed by atoms with Crippen LogP contribution in [0.25, 0.3) is 0 Å². The van der Waals surface area contributed by atoms with Gasteiger partial charge >= 0.3 is 5.97 Å². The summed E-state index contributed by atoms with van der Waals surface area (Å²) in [6.45, 7) is 2.11. The summed E-state index contributed by atoms with van der Waals surface area (Å²) in [7, 11) is 0. The van der Waals surface area contributed by atoms with E-state index < -0.39 is 5.97 Å². The molecule has 1 unspecified atom stereocenters. The number of carboxylic acids is 1. The number of oxime groups is 1. The first-order valence-electron chi connectivity index (χ1n) is 11.6. The van der Waals surface area contributed by atoms with E-state index in [1.54, 1.807) is 12.4 Å². The zero-order valence-corrected chi connectivity index (χ0v) is 18.9. The van der Waals surface area contributed by atoms with Crippen LogP contribution in [0.3, 0.4) is 0 Å². The van der Waals surface area contributed by atoms with E-state index in [9.17, 15) is 15.1 Å². The van der Waals surface area contributed by atoms with Gasteiger partial charge in [0.25, 0.3) is 0 Å². The molecule has 2 aromatic carbocycles. The molecule has 3 aromatic rings. The van der Waals surface area contributed by atoms with Gasteiger partial charge < -0.3 is 10.3 Å². The normalized spacial score (nSPS) is 19.7. The smallest absolute Gasteiger partial charge is 0.306 e. The van der Waals surface area contributed by atoms with E-state index in [4.69, 9.17) is 0 Å². The number of pyridine rings is 1. The zero-order valence-electron chi connectivity index (χ0n) is 18.9. The van der Waals surface area contributed by atoms with Gasteiger partial charge in [-0.25, -0.2) is 0 Å². The molecule has 1 aliphatic carbocycles. The minimum Gasteiger partial charge on any atom is -0.481 e. The van der Waals surface area contributed by atoms with Crippen LogP contribution in [0.4, 0.5) is 0 Å². The Morgan fingerprint density at radius 1 is 1.00 bits per heavy atom. The number of hydrogen-bond acceptors (Lipinski definition) is 4. The van der Waals surface area contributed by atoms with Gasteiger partial charge in [0, 0.05) is 30.3 Å². The van der Waals surface area contributed by atoms with Gasteiger partial charge in [0.15, 0.2) is 0 Å². The fourth-order valence-corrected chi connectivity index (χ4v) is 5.01. The van der Waals surface area contributed by atoms with Crippen LogP contribution in [-0.2, 0) is 4.79 Å². The summed E-state index contributed by atoms with van der Waals surface area (Å²) in [5, 5.41) is 22.7. The van der Waals surface area contributed by atoms with Gasteiger partial charge in [0.2, 0.25) is 0 Å². The summed E-state index contributed by atoms with van der Waals surface area (Å²) in [6, 6.07) is 20.8. The molecule has 1 saturated carbocycles. The second-order valence-corrected chi connectivity index (χ2v) is 8.95. The Balaban J connectivity index is 1.60. The van der Waals surface area contributed by atoms with Crippen molar-refractivity contribution in [3.8, 4) is 0 Å². The van der Waals surface area contributed by atoms with Gasteiger partial charge in [-0.15, -0.1) is 0 Å². The second-order valence-electron chi connectivity index (χ2n) is 8.95. The highest BCUT2D eigenvalue weighted by Gasteiger charge is 2.27. The number of nitrogens with zero attached hydrogens (tertiary/aromatic N) is 2. The van der Waals surface area contributed by atoms with Crippen LogP contribution in [0.15, 0.2) is 78.2 Å². The van der Waals surface area contributed by atoms with Crippen molar-refractivity contribution in [1.29, 1.82) is 0 Å². The first-order chi connectivity index (χ1) is 16.1. The van der Waals surface area contributed by atoms with Crippen LogP contribution in [-0.4, -0.2) is 27.0 Å². The van der Waals surface area contributed by atoms with E-state index in [1.807, 2.05) is 24.3 Å². The molecule has 0 radical (unpaired) electrons. The van der Waals surface area contributed by atoms with Gasteiger partial charge in [-0.05, 0) is 72.9 Å². The molecule has 0 saturated heterocycles. The van der Waals surface area contributed by atoms with Gasteiger partial charge in [-0.3, -0.25) is 9.78 Å². The van der Waals surface area contributed by atoms with Gasteiger partial charge in [-0.1, -0.05) is 53.7 Å². The van der Waals surface area contributed by atoms with E-state index in [2.05, 4.69) is 53.5 Å². The van der Waals surface area contributed by atoms with Crippen LogP contribution >= 0.6 is 0 Å². The molecule has 0 aliphatic heterocycles. The molecule has 4 rings (SSSR count). The van der Waals surface area contributed by atoms with Gasteiger partial charge in [-0.2, -0.15) is 0 Å². The summed E-state index contributed by atoms with van der Waals surface area (Å²) < 4.78 is 0. The molecule has 1 heterocycles. The highest BCUT2D eigenvalue weighted by atomic mass is 16.4. The van der Waals surface area contributed by atoms with Crippen molar-refractivity contribution < 1.29 is 15.1 Å². The summed E-state index contributed by atoms with van der Waals surface area (Å²) in [5.41, 5.74) is 6.34. The summed E-state index contributed by atoms with van der Waals surface area (Å²) >= 11 is 0. The van der Waals surface area contributed by atoms with E-state index in [1.165, 1.54) is 22.3 Å². The highest BCUT2D eigenvalue weighted by Crippen LogP contribution is 2.37. The second kappa shape index (κ2) is 10.4. The standard InChI is InChI=1S/C28H30N2O3/c1-19-4-2-3-5-25(19)26(18-27(30-33)23-14-16-29-17-15-23)22-10-6-20(7-11-22)21-8-12-24(13-9-21)28(31)32/h2-7,10-11,14-17,21,24,26,33H,8-9,12-13,18H2,1H3,(H,31,32)/b30-27+. The molecule has 33 heavy (non-hydrogen) atoms. The third-order valence-electron chi connectivity index (χ3n) is 6.98. The monoisotopic (exact) mass is 442 g/mol. The maximum Gasteiger partial charge on any atom is 0.306 e. The van der Waals surface area contributed by atoms with Crippen molar-refractivity contribution in [1.82, 2.24) is 4.98 Å². The van der Waals surface area contributed by atoms with E-state index in [0.717, 1.165) is 31.2 Å². The van der Waals surface area contributed by atoms with Crippen molar-refractivity contribution in [2.45, 2.75) is 50.9 Å². The topological polar surface area (TPSA) is 82.8 Å². The number of aromatic nitrogens is 1. The lowest BCUT2D eigenvalue weighted by Gasteiger charge is -2.27. The molecule has 0 amide bonds. The number of hydrogen-bond donors (Lipinski definition) is 2. The molecule has 1 atom stereocenters. The van der Waals surface area contributed by atoms with Gasteiger partial charge in [0.05, 0.1) is 11.6 Å². The Bertz CT molecular complexity index is 1100. The number of carbonyl (C=O) groups is 1. The minimum atomic E-state index is -0.666. The lowest BCUT2D eigenvalue weighted by molar-refractivity contribution is -0.142. The third-order valence-corrected chi connectivity index (χ3v) is 6.98. The van der Waals surface area contributed by atoms with Crippen molar-refractivity contribution in [3.63, 3.8) is 0 Å². The largest absolute Gasteiger partial charge is 0.481 e. The van der Waals surface area contributed by atoms with Crippen LogP contribution in [0, 0.1) is 12.8 Å². The first kappa shape index (κ1) is 22.7. The Morgan fingerprint density at radius 3 is 2.27 bits per heavy atom. The molecule has 170 valence electrons. The van der Waals surface area contributed by atoms with Crippen molar-refractivity contribution in [2.24, 2.45) is 11.1 Å². The Kier molecular flexibility index (Phi) is 7.18. The van der Waals surface area contributed by atoms with Crippen LogP contribution in [0.2, 0.25) is 0 Å². The number of carboxylic acid groups (broad SMARTS) is 1. The van der Waals surface area contributed by atoms with E-state index in [-0.39, 0.29) is 11.8 Å². The molecule has 0 spiro atoms. The maximum absolute atomic E-state index is 11.3. The number of benzene rings is 2. The van der Waals surface area contributed by atoms with Crippen molar-refractivity contribution in [3.05, 3.63) is 101 Å². The zero-order chi connectivity index (χ0) is 23.2. The molecular formula is C28H30N2O3. The molecule has 1 fully saturated rings. The summed E-state index contributed by atoms with van der Waals surface area (Å²) in [4.78, 5) is 15.3. The first-order valence-corrected chi connectivity index (χ1v) is 11.6. The van der Waals surface area contributed by atoms with Crippen LogP contribution in [0.5, 0.6) is 0 Å². The highest BCUT2D eigenvalue weighted by molar-refractivity contribution is 6.00. The van der Waals surface area contributed by atoms with Crippen molar-refractivity contribution >= 4 is 11.7 Å². The van der Waals surface area contributed by atoms with Gasteiger partial charge in [0.1, 0.15) is 0 Å². The third kappa shape index (κ3) is 5.30. The molecular weight excluding hydrogens is 412 g/mol. The van der Waals surface area contributed by atoms with Crippen LogP contribution < -0.4 is 0 Å². The quantitative estimate of drug-likeness (QED) is 0.261. The Hall–Kier alpha value is -3.47. The van der Waals surface area contributed by atoms with Crippen molar-refractivity contribution in [2.75, 3.05) is 0 Å². The fourth-order valence-electron chi connectivity index (χ4n) is 5.01. The number of aryl methyl sites for hydroxylation is 1. The Morgan fingerprint density at radius 2 is 1.67 bits per heavy atom. The molecule has 1 aliphatic rings. The van der Waals surface area contributed by atoms with E-state index >= 15 is 0 Å². The molecule has 5 nitrogen and oxygen atoms in total. The lowest BCUT2D eigenvalue weighted by atomic mass is 9.78.